The Hall–Kier alpha value is -3.04. The van der Waals surface area contributed by atoms with Gasteiger partial charge in [-0.1, -0.05) is 19.9 Å². The topological polar surface area (TPSA) is 94.2 Å². The highest BCUT2D eigenvalue weighted by Crippen LogP contribution is 2.31. The maximum atomic E-state index is 13.1. The Morgan fingerprint density at radius 2 is 1.71 bits per heavy atom. The van der Waals surface area contributed by atoms with Gasteiger partial charge in [-0.3, -0.25) is 4.79 Å². The molecule has 0 fully saturated rings. The van der Waals surface area contributed by atoms with Crippen molar-refractivity contribution in [3.05, 3.63) is 48.0 Å². The molecule has 0 aliphatic heterocycles. The Labute approximate surface area is 202 Å². The summed E-state index contributed by atoms with van der Waals surface area (Å²) in [7, 11) is -2.22. The molecular weight excluding hydrogens is 456 g/mol. The lowest BCUT2D eigenvalue weighted by atomic mass is 10.2. The van der Waals surface area contributed by atoms with E-state index in [0.717, 1.165) is 5.56 Å². The van der Waals surface area contributed by atoms with Gasteiger partial charge in [0, 0.05) is 24.9 Å². The second kappa shape index (κ2) is 12.4. The molecule has 186 valence electrons. The van der Waals surface area contributed by atoms with Gasteiger partial charge in [-0.25, -0.2) is 8.42 Å². The molecular formula is C25H34N2O6S. The van der Waals surface area contributed by atoms with Crippen LogP contribution in [0.3, 0.4) is 0 Å². The third kappa shape index (κ3) is 6.98. The normalized spacial score (nSPS) is 11.8. The van der Waals surface area contributed by atoms with Gasteiger partial charge in [0.05, 0.1) is 19.8 Å². The molecule has 0 aromatic heterocycles. The molecule has 0 radical (unpaired) electrons. The quantitative estimate of drug-likeness (QED) is 0.438. The first kappa shape index (κ1) is 27.2. The summed E-state index contributed by atoms with van der Waals surface area (Å²) in [6.45, 7) is 10.2. The van der Waals surface area contributed by atoms with E-state index in [9.17, 15) is 13.2 Å². The zero-order chi connectivity index (χ0) is 25.3. The molecule has 0 spiro atoms. The second-order valence-corrected chi connectivity index (χ2v) is 9.49. The molecule has 0 heterocycles. The number of amides is 1. The standard InChI is InChI=1S/C25H34N2O6S/c1-7-27(8-2)34(29,30)24-17-20(12-14-22(24)32-9-3)26-25(28)15-11-19-10-13-21(33-18(4)5)23(16-19)31-6/h10-18H,7-9H2,1-6H3,(H,26,28)/b15-11+. The Kier molecular flexibility index (Phi) is 9.95. The van der Waals surface area contributed by atoms with Gasteiger partial charge in [0.1, 0.15) is 10.6 Å². The number of rotatable bonds is 12. The van der Waals surface area contributed by atoms with Crippen molar-refractivity contribution in [1.29, 1.82) is 0 Å². The lowest BCUT2D eigenvalue weighted by Crippen LogP contribution is -2.31. The summed E-state index contributed by atoms with van der Waals surface area (Å²) in [5, 5.41) is 2.71. The molecule has 1 amide bonds. The monoisotopic (exact) mass is 490 g/mol. The first-order chi connectivity index (χ1) is 16.2. The van der Waals surface area contributed by atoms with Crippen molar-refractivity contribution < 1.29 is 27.4 Å². The number of nitrogens with one attached hydrogen (secondary N) is 1. The van der Waals surface area contributed by atoms with E-state index in [-0.39, 0.29) is 16.7 Å². The summed E-state index contributed by atoms with van der Waals surface area (Å²) >= 11 is 0. The number of ether oxygens (including phenoxy) is 3. The van der Waals surface area contributed by atoms with Crippen molar-refractivity contribution >= 4 is 27.7 Å². The molecule has 2 rings (SSSR count). The molecule has 0 saturated heterocycles. The van der Waals surface area contributed by atoms with Crippen LogP contribution in [0.2, 0.25) is 0 Å². The number of anilines is 1. The minimum absolute atomic E-state index is 0.00521. The van der Waals surface area contributed by atoms with Crippen molar-refractivity contribution in [2.24, 2.45) is 0 Å². The first-order valence-electron chi connectivity index (χ1n) is 11.3. The number of nitrogens with zero attached hydrogens (tertiary/aromatic N) is 1. The number of methoxy groups -OCH3 is 1. The fourth-order valence-electron chi connectivity index (χ4n) is 3.26. The van der Waals surface area contributed by atoms with Gasteiger partial charge in [0.25, 0.3) is 0 Å². The van der Waals surface area contributed by atoms with Gasteiger partial charge in [0.15, 0.2) is 11.5 Å². The third-order valence-corrected chi connectivity index (χ3v) is 6.88. The number of carbonyl (C=O) groups excluding carboxylic acids is 1. The second-order valence-electron chi connectivity index (χ2n) is 7.58. The average Bonchev–Trinajstić information content (AvgIpc) is 2.79. The van der Waals surface area contributed by atoms with Crippen LogP contribution in [0.4, 0.5) is 5.69 Å². The summed E-state index contributed by atoms with van der Waals surface area (Å²) in [6, 6.07) is 9.96. The van der Waals surface area contributed by atoms with Crippen LogP contribution in [-0.2, 0) is 14.8 Å². The molecule has 0 atom stereocenters. The Morgan fingerprint density at radius 3 is 2.29 bits per heavy atom. The van der Waals surface area contributed by atoms with Crippen LogP contribution in [0.5, 0.6) is 17.2 Å². The Balaban J connectivity index is 2.25. The number of carbonyl (C=O) groups is 1. The summed E-state index contributed by atoms with van der Waals surface area (Å²) in [6.07, 6.45) is 3.01. The molecule has 8 nitrogen and oxygen atoms in total. The van der Waals surface area contributed by atoms with Gasteiger partial charge in [-0.2, -0.15) is 4.31 Å². The number of hydrogen-bond acceptors (Lipinski definition) is 6. The van der Waals surface area contributed by atoms with Crippen LogP contribution >= 0.6 is 0 Å². The van der Waals surface area contributed by atoms with Gasteiger partial charge < -0.3 is 19.5 Å². The molecule has 0 saturated carbocycles. The van der Waals surface area contributed by atoms with Crippen molar-refractivity contribution in [2.75, 3.05) is 32.1 Å². The average molecular weight is 491 g/mol. The van der Waals surface area contributed by atoms with Gasteiger partial charge in [-0.05, 0) is 62.7 Å². The van der Waals surface area contributed by atoms with E-state index in [4.69, 9.17) is 14.2 Å². The minimum atomic E-state index is -3.77. The first-order valence-corrected chi connectivity index (χ1v) is 12.7. The lowest BCUT2D eigenvalue weighted by Gasteiger charge is -2.21. The third-order valence-electron chi connectivity index (χ3n) is 4.81. The van der Waals surface area contributed by atoms with Crippen LogP contribution in [0.15, 0.2) is 47.4 Å². The molecule has 9 heteroatoms. The van der Waals surface area contributed by atoms with Crippen LogP contribution in [0.1, 0.15) is 40.2 Å². The molecule has 0 bridgehead atoms. The van der Waals surface area contributed by atoms with Crippen LogP contribution in [0.25, 0.3) is 6.08 Å². The van der Waals surface area contributed by atoms with Gasteiger partial charge in [-0.15, -0.1) is 0 Å². The fourth-order valence-corrected chi connectivity index (χ4v) is 4.87. The fraction of sp³-hybridized carbons (Fsp3) is 0.400. The smallest absolute Gasteiger partial charge is 0.248 e. The number of benzene rings is 2. The highest BCUT2D eigenvalue weighted by molar-refractivity contribution is 7.89. The van der Waals surface area contributed by atoms with Crippen molar-refractivity contribution in [3.63, 3.8) is 0 Å². The Bertz CT molecular complexity index is 1110. The maximum absolute atomic E-state index is 13.1. The highest BCUT2D eigenvalue weighted by atomic mass is 32.2. The van der Waals surface area contributed by atoms with Crippen LogP contribution in [0, 0.1) is 0 Å². The Morgan fingerprint density at radius 1 is 1.03 bits per heavy atom. The predicted molar refractivity (Wildman–Crippen MR) is 134 cm³/mol. The summed E-state index contributed by atoms with van der Waals surface area (Å²) < 4.78 is 44.1. The molecule has 0 aliphatic rings. The van der Waals surface area contributed by atoms with E-state index < -0.39 is 15.9 Å². The minimum Gasteiger partial charge on any atom is -0.493 e. The van der Waals surface area contributed by atoms with Gasteiger partial charge >= 0.3 is 0 Å². The predicted octanol–water partition coefficient (Wildman–Crippen LogP) is 4.56. The van der Waals surface area contributed by atoms with E-state index >= 15 is 0 Å². The van der Waals surface area contributed by atoms with Crippen molar-refractivity contribution in [1.82, 2.24) is 4.31 Å². The summed E-state index contributed by atoms with van der Waals surface area (Å²) in [5.74, 6) is 1.03. The molecule has 1 N–H and O–H groups in total. The van der Waals surface area contributed by atoms with E-state index in [1.165, 1.54) is 16.4 Å². The van der Waals surface area contributed by atoms with Crippen LogP contribution < -0.4 is 19.5 Å². The molecule has 2 aromatic rings. The number of sulfonamides is 1. The zero-order valence-corrected chi connectivity index (χ0v) is 21.4. The number of hydrogen-bond donors (Lipinski definition) is 1. The van der Waals surface area contributed by atoms with Gasteiger partial charge in [0.2, 0.25) is 15.9 Å². The summed E-state index contributed by atoms with van der Waals surface area (Å²) in [4.78, 5) is 12.5. The molecule has 0 aliphatic carbocycles. The highest BCUT2D eigenvalue weighted by Gasteiger charge is 2.26. The SMILES string of the molecule is CCOc1ccc(NC(=O)/C=C/c2ccc(OC(C)C)c(OC)c2)cc1S(=O)(=O)N(CC)CC. The largest absolute Gasteiger partial charge is 0.493 e. The van der Waals surface area contributed by atoms with E-state index in [1.54, 1.807) is 58.2 Å². The lowest BCUT2D eigenvalue weighted by molar-refractivity contribution is -0.111. The van der Waals surface area contributed by atoms with Crippen molar-refractivity contribution in [2.45, 2.75) is 45.6 Å². The van der Waals surface area contributed by atoms with Crippen LogP contribution in [-0.4, -0.2) is 51.5 Å². The van der Waals surface area contributed by atoms with Crippen molar-refractivity contribution in [3.8, 4) is 17.2 Å². The summed E-state index contributed by atoms with van der Waals surface area (Å²) in [5.41, 5.74) is 1.10. The van der Waals surface area contributed by atoms with E-state index in [0.29, 0.717) is 36.9 Å². The molecule has 2 aromatic carbocycles. The maximum Gasteiger partial charge on any atom is 0.248 e. The van der Waals surface area contributed by atoms with E-state index in [2.05, 4.69) is 5.32 Å². The van der Waals surface area contributed by atoms with E-state index in [1.807, 2.05) is 19.9 Å². The zero-order valence-electron chi connectivity index (χ0n) is 20.6. The molecule has 0 unspecified atom stereocenters. The molecule has 34 heavy (non-hydrogen) atoms.